The van der Waals surface area contributed by atoms with E-state index in [0.29, 0.717) is 25.4 Å². The second-order valence-corrected chi connectivity index (χ2v) is 8.13. The first-order chi connectivity index (χ1) is 14.8. The number of hydrogen-bond acceptors (Lipinski definition) is 5. The number of carbonyl (C=O) groups excluding carboxylic acids is 2. The predicted octanol–water partition coefficient (Wildman–Crippen LogP) is 2.50. The molecule has 1 atom stereocenters. The molecule has 2 N–H and O–H groups in total. The molecule has 7 heteroatoms. The molecule has 31 heavy (non-hydrogen) atoms. The van der Waals surface area contributed by atoms with E-state index in [9.17, 15) is 9.59 Å². The lowest BCUT2D eigenvalue weighted by Gasteiger charge is -2.35. The van der Waals surface area contributed by atoms with Gasteiger partial charge in [-0.15, -0.1) is 0 Å². The molecule has 1 aliphatic heterocycles. The average molecular weight is 425 g/mol. The number of anilines is 2. The number of rotatable bonds is 6. The number of amides is 2. The highest BCUT2D eigenvalue weighted by atomic mass is 16.5. The van der Waals surface area contributed by atoms with Crippen molar-refractivity contribution in [3.05, 3.63) is 59.2 Å². The monoisotopic (exact) mass is 424 g/mol. The summed E-state index contributed by atoms with van der Waals surface area (Å²) in [5, 5.41) is 5.55. The van der Waals surface area contributed by atoms with Gasteiger partial charge in [0, 0.05) is 45.1 Å². The van der Waals surface area contributed by atoms with E-state index in [2.05, 4.69) is 39.8 Å². The van der Waals surface area contributed by atoms with E-state index in [4.69, 9.17) is 4.74 Å². The van der Waals surface area contributed by atoms with Gasteiger partial charge >= 0.3 is 11.8 Å². The van der Waals surface area contributed by atoms with E-state index in [0.717, 1.165) is 35.5 Å². The maximum Gasteiger partial charge on any atom is 0.313 e. The molecule has 0 saturated carbocycles. The summed E-state index contributed by atoms with van der Waals surface area (Å²) in [6.45, 7) is 7.08. The zero-order valence-corrected chi connectivity index (χ0v) is 18.8. The van der Waals surface area contributed by atoms with Gasteiger partial charge in [-0.2, -0.15) is 0 Å². The molecule has 0 radical (unpaired) electrons. The maximum atomic E-state index is 12.5. The van der Waals surface area contributed by atoms with Crippen LogP contribution < -0.4 is 15.5 Å². The Morgan fingerprint density at radius 1 is 1.03 bits per heavy atom. The molecular formula is C24H32N4O3. The Morgan fingerprint density at radius 2 is 1.71 bits per heavy atom. The number of carbonyl (C=O) groups is 2. The van der Waals surface area contributed by atoms with Crippen LogP contribution in [-0.2, 0) is 14.3 Å². The zero-order valence-electron chi connectivity index (χ0n) is 18.8. The van der Waals surface area contributed by atoms with Crippen LogP contribution in [0.4, 0.5) is 11.4 Å². The fraction of sp³-hybridized carbons (Fsp3) is 0.417. The first-order valence-electron chi connectivity index (χ1n) is 10.6. The first-order valence-corrected chi connectivity index (χ1v) is 10.6. The van der Waals surface area contributed by atoms with Crippen molar-refractivity contribution in [1.29, 1.82) is 0 Å². The second kappa shape index (κ2) is 10.4. The minimum atomic E-state index is -0.655. The molecule has 0 aromatic heterocycles. The number of hydrogen-bond donors (Lipinski definition) is 2. The van der Waals surface area contributed by atoms with E-state index in [1.807, 2.05) is 51.0 Å². The van der Waals surface area contributed by atoms with Gasteiger partial charge in [0.05, 0.1) is 19.3 Å². The Labute approximate surface area is 184 Å². The summed E-state index contributed by atoms with van der Waals surface area (Å²) in [7, 11) is 4.01. The highest BCUT2D eigenvalue weighted by Gasteiger charge is 2.24. The summed E-state index contributed by atoms with van der Waals surface area (Å²) in [6.07, 6.45) is 0. The van der Waals surface area contributed by atoms with Crippen molar-refractivity contribution in [3.63, 3.8) is 0 Å². The number of ether oxygens (including phenoxy) is 1. The number of benzene rings is 2. The summed E-state index contributed by atoms with van der Waals surface area (Å²) >= 11 is 0. The van der Waals surface area contributed by atoms with Crippen LogP contribution in [-0.4, -0.2) is 63.7 Å². The molecule has 0 bridgehead atoms. The highest BCUT2D eigenvalue weighted by molar-refractivity contribution is 6.39. The van der Waals surface area contributed by atoms with Gasteiger partial charge in [0.15, 0.2) is 0 Å². The Hall–Kier alpha value is -2.90. The van der Waals surface area contributed by atoms with Gasteiger partial charge in [-0.1, -0.05) is 24.3 Å². The van der Waals surface area contributed by atoms with Crippen molar-refractivity contribution in [2.24, 2.45) is 0 Å². The third kappa shape index (κ3) is 6.06. The van der Waals surface area contributed by atoms with Crippen LogP contribution in [0.3, 0.4) is 0 Å². The van der Waals surface area contributed by atoms with Gasteiger partial charge in [-0.05, 0) is 48.7 Å². The highest BCUT2D eigenvalue weighted by Crippen LogP contribution is 2.24. The summed E-state index contributed by atoms with van der Waals surface area (Å²) < 4.78 is 5.49. The molecule has 2 amide bonds. The quantitative estimate of drug-likeness (QED) is 0.697. The van der Waals surface area contributed by atoms with Crippen molar-refractivity contribution in [2.75, 3.05) is 57.2 Å². The van der Waals surface area contributed by atoms with Crippen LogP contribution in [0.1, 0.15) is 22.7 Å². The largest absolute Gasteiger partial charge is 0.379 e. The molecule has 7 nitrogen and oxygen atoms in total. The third-order valence-electron chi connectivity index (χ3n) is 5.58. The van der Waals surface area contributed by atoms with Crippen molar-refractivity contribution in [1.82, 2.24) is 10.2 Å². The lowest BCUT2D eigenvalue weighted by atomic mass is 10.0. The van der Waals surface area contributed by atoms with Crippen LogP contribution in [0.15, 0.2) is 42.5 Å². The molecule has 1 heterocycles. The van der Waals surface area contributed by atoms with Crippen LogP contribution in [0, 0.1) is 13.8 Å². The van der Waals surface area contributed by atoms with Gasteiger partial charge in [0.1, 0.15) is 0 Å². The van der Waals surface area contributed by atoms with Crippen molar-refractivity contribution in [2.45, 2.75) is 19.9 Å². The van der Waals surface area contributed by atoms with Crippen LogP contribution in [0.2, 0.25) is 0 Å². The van der Waals surface area contributed by atoms with Crippen molar-refractivity contribution >= 4 is 23.2 Å². The molecule has 3 rings (SSSR count). The van der Waals surface area contributed by atoms with Crippen LogP contribution >= 0.6 is 0 Å². The molecule has 2 aromatic rings. The van der Waals surface area contributed by atoms with Gasteiger partial charge in [0.2, 0.25) is 0 Å². The van der Waals surface area contributed by atoms with E-state index in [-0.39, 0.29) is 6.04 Å². The third-order valence-corrected chi connectivity index (χ3v) is 5.58. The molecular weight excluding hydrogens is 392 g/mol. The first kappa shape index (κ1) is 22.8. The van der Waals surface area contributed by atoms with E-state index in [1.54, 1.807) is 0 Å². The van der Waals surface area contributed by atoms with E-state index < -0.39 is 11.8 Å². The van der Waals surface area contributed by atoms with Crippen molar-refractivity contribution in [3.8, 4) is 0 Å². The van der Waals surface area contributed by atoms with Crippen LogP contribution in [0.25, 0.3) is 0 Å². The van der Waals surface area contributed by atoms with Crippen LogP contribution in [0.5, 0.6) is 0 Å². The Kier molecular flexibility index (Phi) is 7.65. The standard InChI is InChI=1S/C24H32N4O3/c1-17-5-6-18(2)21(15-17)26-24(30)23(29)25-16-22(28-11-13-31-14-12-28)19-7-9-20(10-8-19)27(3)4/h5-10,15,22H,11-14,16H2,1-4H3,(H,25,29)(H,26,30). The number of aryl methyl sites for hydroxylation is 2. The van der Waals surface area contributed by atoms with Crippen molar-refractivity contribution < 1.29 is 14.3 Å². The average Bonchev–Trinajstić information content (AvgIpc) is 2.77. The molecule has 1 fully saturated rings. The van der Waals surface area contributed by atoms with Gasteiger partial charge in [-0.3, -0.25) is 14.5 Å². The Morgan fingerprint density at radius 3 is 2.35 bits per heavy atom. The number of nitrogens with zero attached hydrogens (tertiary/aromatic N) is 2. The summed E-state index contributed by atoms with van der Waals surface area (Å²) in [4.78, 5) is 29.3. The second-order valence-electron chi connectivity index (χ2n) is 8.13. The zero-order chi connectivity index (χ0) is 22.4. The fourth-order valence-electron chi connectivity index (χ4n) is 3.66. The van der Waals surface area contributed by atoms with E-state index in [1.165, 1.54) is 0 Å². The minimum Gasteiger partial charge on any atom is -0.379 e. The van der Waals surface area contributed by atoms with Gasteiger partial charge < -0.3 is 20.3 Å². The molecule has 0 aliphatic carbocycles. The SMILES string of the molecule is Cc1ccc(C)c(NC(=O)C(=O)NCC(c2ccc(N(C)C)cc2)N2CCOCC2)c1. The molecule has 2 aromatic carbocycles. The minimum absolute atomic E-state index is 0.0300. The van der Waals surface area contributed by atoms with Gasteiger partial charge in [-0.25, -0.2) is 0 Å². The number of nitrogens with one attached hydrogen (secondary N) is 2. The lowest BCUT2D eigenvalue weighted by Crippen LogP contribution is -2.45. The summed E-state index contributed by atoms with van der Waals surface area (Å²) in [6, 6.07) is 14.0. The molecule has 1 saturated heterocycles. The lowest BCUT2D eigenvalue weighted by molar-refractivity contribution is -0.136. The smallest absolute Gasteiger partial charge is 0.313 e. The maximum absolute atomic E-state index is 12.5. The molecule has 166 valence electrons. The molecule has 1 aliphatic rings. The normalized spacial score (nSPS) is 15.2. The molecule has 1 unspecified atom stereocenters. The van der Waals surface area contributed by atoms with E-state index >= 15 is 0 Å². The Bertz CT molecular complexity index is 906. The fourth-order valence-corrected chi connectivity index (χ4v) is 3.66. The topological polar surface area (TPSA) is 73.9 Å². The number of morpholine rings is 1. The summed E-state index contributed by atoms with van der Waals surface area (Å²) in [5.41, 5.74) is 4.81. The molecule has 0 spiro atoms. The Balaban J connectivity index is 1.68. The predicted molar refractivity (Wildman–Crippen MR) is 123 cm³/mol. The van der Waals surface area contributed by atoms with Gasteiger partial charge in [0.25, 0.3) is 0 Å². The summed E-state index contributed by atoms with van der Waals surface area (Å²) in [5.74, 6) is -1.29.